The zero-order chi connectivity index (χ0) is 17.8. The molecule has 0 aliphatic heterocycles. The average molecular weight is 360 g/mol. The zero-order valence-electron chi connectivity index (χ0n) is 14.0. The molecule has 1 aliphatic rings. The highest BCUT2D eigenvalue weighted by Gasteiger charge is 2.27. The van der Waals surface area contributed by atoms with Gasteiger partial charge >= 0.3 is 5.97 Å². The first-order chi connectivity index (χ1) is 12.1. The van der Waals surface area contributed by atoms with Crippen LogP contribution in [0.3, 0.4) is 0 Å². The smallest absolute Gasteiger partial charge is 0.341 e. The van der Waals surface area contributed by atoms with Gasteiger partial charge in [-0.2, -0.15) is 0 Å². The molecule has 0 unspecified atom stereocenters. The number of esters is 1. The lowest BCUT2D eigenvalue weighted by atomic mass is 9.95. The fourth-order valence-corrected chi connectivity index (χ4v) is 4.28. The van der Waals surface area contributed by atoms with Gasteiger partial charge in [-0.15, -0.1) is 11.3 Å². The second-order valence-electron chi connectivity index (χ2n) is 5.85. The first-order valence-electron chi connectivity index (χ1n) is 8.37. The molecule has 0 saturated heterocycles. The van der Waals surface area contributed by atoms with Crippen LogP contribution in [0.25, 0.3) is 0 Å². The molecule has 6 nitrogen and oxygen atoms in total. The van der Waals surface area contributed by atoms with Gasteiger partial charge in [-0.25, -0.2) is 4.79 Å². The van der Waals surface area contributed by atoms with E-state index in [1.54, 1.807) is 25.3 Å². The van der Waals surface area contributed by atoms with E-state index in [2.05, 4.69) is 5.32 Å². The molecular formula is C18H20N2O4S. The van der Waals surface area contributed by atoms with Gasteiger partial charge in [0.25, 0.3) is 5.56 Å². The molecule has 0 fully saturated rings. The van der Waals surface area contributed by atoms with Crippen LogP contribution in [0.1, 0.15) is 40.6 Å². The first-order valence-corrected chi connectivity index (χ1v) is 9.18. The Labute approximate surface area is 149 Å². The summed E-state index contributed by atoms with van der Waals surface area (Å²) in [6.45, 7) is 1.96. The number of nitrogens with one attached hydrogen (secondary N) is 1. The van der Waals surface area contributed by atoms with Crippen molar-refractivity contribution < 1.29 is 14.3 Å². The van der Waals surface area contributed by atoms with Gasteiger partial charge in [0.1, 0.15) is 11.5 Å². The number of aryl methyl sites for hydroxylation is 1. The van der Waals surface area contributed by atoms with Gasteiger partial charge < -0.3 is 14.6 Å². The van der Waals surface area contributed by atoms with Crippen LogP contribution in [0.5, 0.6) is 0 Å². The average Bonchev–Trinajstić information content (AvgIpc) is 2.95. The number of anilines is 1. The normalized spacial score (nSPS) is 13.2. The second-order valence-corrected chi connectivity index (χ2v) is 6.96. The summed E-state index contributed by atoms with van der Waals surface area (Å²) in [6, 6.07) is 4.73. The summed E-state index contributed by atoms with van der Waals surface area (Å²) in [5.41, 5.74) is 1.24. The third-order valence-corrected chi connectivity index (χ3v) is 5.32. The molecule has 132 valence electrons. The molecular weight excluding hydrogens is 340 g/mol. The minimum atomic E-state index is -0.394. The first kappa shape index (κ1) is 17.4. The molecule has 2 aromatic rings. The summed E-state index contributed by atoms with van der Waals surface area (Å²) in [5, 5.41) is 3.33. The molecule has 1 N–H and O–H groups in total. The summed E-state index contributed by atoms with van der Waals surface area (Å²) >= 11 is 1.44. The van der Waals surface area contributed by atoms with E-state index in [1.807, 2.05) is 0 Å². The minimum absolute atomic E-state index is 0.0928. The van der Waals surface area contributed by atoms with Crippen molar-refractivity contribution in [3.05, 3.63) is 50.8 Å². The number of hydrogen-bond donors (Lipinski definition) is 1. The van der Waals surface area contributed by atoms with Gasteiger partial charge in [0, 0.05) is 17.1 Å². The molecule has 0 aromatic carbocycles. The number of nitrogens with zero attached hydrogens (tertiary/aromatic N) is 1. The summed E-state index contributed by atoms with van der Waals surface area (Å²) < 4.78 is 6.50. The van der Waals surface area contributed by atoms with Gasteiger partial charge in [-0.05, 0) is 44.2 Å². The van der Waals surface area contributed by atoms with Gasteiger partial charge in [0.05, 0.1) is 12.2 Å². The predicted molar refractivity (Wildman–Crippen MR) is 96.2 cm³/mol. The zero-order valence-corrected chi connectivity index (χ0v) is 14.9. The van der Waals surface area contributed by atoms with E-state index < -0.39 is 5.97 Å². The Bertz CT molecular complexity index is 853. The number of amides is 1. The molecule has 7 heteroatoms. The van der Waals surface area contributed by atoms with E-state index >= 15 is 0 Å². The third-order valence-electron chi connectivity index (χ3n) is 4.12. The van der Waals surface area contributed by atoms with Crippen molar-refractivity contribution in [1.29, 1.82) is 0 Å². The van der Waals surface area contributed by atoms with Gasteiger partial charge in [-0.1, -0.05) is 6.07 Å². The van der Waals surface area contributed by atoms with Crippen LogP contribution in [-0.2, 0) is 28.9 Å². The fraction of sp³-hybridized carbons (Fsp3) is 0.389. The topological polar surface area (TPSA) is 77.4 Å². The van der Waals surface area contributed by atoms with Crippen LogP contribution in [-0.4, -0.2) is 23.1 Å². The Balaban J connectivity index is 1.85. The second kappa shape index (κ2) is 7.65. The maximum atomic E-state index is 12.4. The Hall–Kier alpha value is -2.41. The summed E-state index contributed by atoms with van der Waals surface area (Å²) in [7, 11) is 0. The van der Waals surface area contributed by atoms with E-state index in [9.17, 15) is 14.4 Å². The largest absolute Gasteiger partial charge is 0.462 e. The van der Waals surface area contributed by atoms with E-state index in [1.165, 1.54) is 22.0 Å². The molecule has 2 heterocycles. The van der Waals surface area contributed by atoms with Crippen molar-refractivity contribution in [2.45, 2.75) is 39.2 Å². The maximum absolute atomic E-state index is 12.4. The van der Waals surface area contributed by atoms with Crippen LogP contribution in [0.2, 0.25) is 0 Å². The lowest BCUT2D eigenvalue weighted by molar-refractivity contribution is -0.116. The lowest BCUT2D eigenvalue weighted by Crippen LogP contribution is -2.26. The Morgan fingerprint density at radius 3 is 2.84 bits per heavy atom. The number of aromatic nitrogens is 1. The maximum Gasteiger partial charge on any atom is 0.341 e. The predicted octanol–water partition coefficient (Wildman–Crippen LogP) is 2.60. The van der Waals surface area contributed by atoms with Crippen LogP contribution in [0.15, 0.2) is 29.2 Å². The number of fused-ring (bicyclic) bond motifs is 1. The van der Waals surface area contributed by atoms with Gasteiger partial charge in [0.2, 0.25) is 5.91 Å². The number of carbonyl (C=O) groups is 2. The highest BCUT2D eigenvalue weighted by molar-refractivity contribution is 7.17. The van der Waals surface area contributed by atoms with Crippen molar-refractivity contribution in [3.8, 4) is 0 Å². The SMILES string of the molecule is CCOC(=O)c1c(NC(=O)Cn2ccccc2=O)sc2c1CCCC2. The minimum Gasteiger partial charge on any atom is -0.462 e. The quantitative estimate of drug-likeness (QED) is 0.832. The number of ether oxygens (including phenoxy) is 1. The molecule has 2 aromatic heterocycles. The van der Waals surface area contributed by atoms with Crippen molar-refractivity contribution in [2.75, 3.05) is 11.9 Å². The molecule has 1 aliphatic carbocycles. The van der Waals surface area contributed by atoms with Crippen LogP contribution in [0, 0.1) is 0 Å². The van der Waals surface area contributed by atoms with Gasteiger partial charge in [-0.3, -0.25) is 9.59 Å². The summed E-state index contributed by atoms with van der Waals surface area (Å²) in [6.07, 6.45) is 5.42. The number of hydrogen-bond acceptors (Lipinski definition) is 5. The van der Waals surface area contributed by atoms with Crippen LogP contribution < -0.4 is 10.9 Å². The van der Waals surface area contributed by atoms with E-state index in [0.29, 0.717) is 10.6 Å². The Morgan fingerprint density at radius 1 is 1.28 bits per heavy atom. The number of thiophene rings is 1. The molecule has 0 bridgehead atoms. The Kier molecular flexibility index (Phi) is 5.33. The molecule has 0 radical (unpaired) electrons. The highest BCUT2D eigenvalue weighted by Crippen LogP contribution is 2.38. The van der Waals surface area contributed by atoms with E-state index in [4.69, 9.17) is 4.74 Å². The van der Waals surface area contributed by atoms with Crippen molar-refractivity contribution in [1.82, 2.24) is 4.57 Å². The fourth-order valence-electron chi connectivity index (χ4n) is 2.99. The number of carbonyl (C=O) groups excluding carboxylic acids is 2. The van der Waals surface area contributed by atoms with Gasteiger partial charge in [0.15, 0.2) is 0 Å². The number of pyridine rings is 1. The summed E-state index contributed by atoms with van der Waals surface area (Å²) in [4.78, 5) is 37.6. The van der Waals surface area contributed by atoms with Crippen LogP contribution >= 0.6 is 11.3 Å². The van der Waals surface area contributed by atoms with E-state index in [-0.39, 0.29) is 24.6 Å². The molecule has 25 heavy (non-hydrogen) atoms. The molecule has 3 rings (SSSR count). The molecule has 1 amide bonds. The number of rotatable bonds is 5. The van der Waals surface area contributed by atoms with Crippen molar-refractivity contribution >= 4 is 28.2 Å². The molecule has 0 spiro atoms. The Morgan fingerprint density at radius 2 is 2.08 bits per heavy atom. The molecule has 0 saturated carbocycles. The van der Waals surface area contributed by atoms with Crippen molar-refractivity contribution in [3.63, 3.8) is 0 Å². The monoisotopic (exact) mass is 360 g/mol. The standard InChI is InChI=1S/C18H20N2O4S/c1-2-24-18(23)16-12-7-3-4-8-13(12)25-17(16)19-14(21)11-20-10-6-5-9-15(20)22/h5-6,9-10H,2-4,7-8,11H2,1H3,(H,19,21). The van der Waals surface area contributed by atoms with Crippen molar-refractivity contribution in [2.24, 2.45) is 0 Å². The summed E-state index contributed by atoms with van der Waals surface area (Å²) in [5.74, 6) is -0.730. The third kappa shape index (κ3) is 3.82. The molecule has 0 atom stereocenters. The van der Waals surface area contributed by atoms with Crippen LogP contribution in [0.4, 0.5) is 5.00 Å². The highest BCUT2D eigenvalue weighted by atomic mass is 32.1. The lowest BCUT2D eigenvalue weighted by Gasteiger charge is -2.12. The van der Waals surface area contributed by atoms with E-state index in [0.717, 1.165) is 36.1 Å².